The number of halogens is 1. The first-order chi connectivity index (χ1) is 10.6. The van der Waals surface area contributed by atoms with Gasteiger partial charge in [-0.2, -0.15) is 0 Å². The molecule has 0 heterocycles. The predicted molar refractivity (Wildman–Crippen MR) is 94.9 cm³/mol. The standard InChI is InChI=1S/C18H26N2O2.ClH/c1-3-22-16-12-15(18(16)9-4-5-10-18)20(2)17(21)13-7-6-8-14(19)11-13;/h6-8,11,15-16H,3-5,9-10,12,19H2,1-2H3;1H. The number of benzene rings is 1. The fraction of sp³-hybridized carbons (Fsp3) is 0.611. The number of carbonyl (C=O) groups is 1. The maximum absolute atomic E-state index is 12.8. The zero-order valence-electron chi connectivity index (χ0n) is 14.0. The minimum Gasteiger partial charge on any atom is -0.399 e. The van der Waals surface area contributed by atoms with Gasteiger partial charge in [0.2, 0.25) is 0 Å². The Morgan fingerprint density at radius 2 is 2.09 bits per heavy atom. The smallest absolute Gasteiger partial charge is 0.253 e. The van der Waals surface area contributed by atoms with Crippen LogP contribution in [0.2, 0.25) is 0 Å². The molecule has 0 saturated heterocycles. The van der Waals surface area contributed by atoms with Gasteiger partial charge in [0, 0.05) is 36.4 Å². The summed E-state index contributed by atoms with van der Waals surface area (Å²) < 4.78 is 5.94. The van der Waals surface area contributed by atoms with Crippen LogP contribution in [-0.2, 0) is 4.74 Å². The van der Waals surface area contributed by atoms with Crippen LogP contribution in [0.1, 0.15) is 49.4 Å². The summed E-state index contributed by atoms with van der Waals surface area (Å²) in [5.41, 5.74) is 7.30. The van der Waals surface area contributed by atoms with Crippen molar-refractivity contribution in [1.29, 1.82) is 0 Å². The van der Waals surface area contributed by atoms with Gasteiger partial charge < -0.3 is 15.4 Å². The average Bonchev–Trinajstić information content (AvgIpc) is 3.02. The van der Waals surface area contributed by atoms with E-state index in [1.807, 2.05) is 30.1 Å². The van der Waals surface area contributed by atoms with Crippen LogP contribution < -0.4 is 5.73 Å². The minimum atomic E-state index is 0. The number of nitrogens with two attached hydrogens (primary N) is 1. The molecule has 2 saturated carbocycles. The van der Waals surface area contributed by atoms with E-state index in [1.54, 1.807) is 6.07 Å². The summed E-state index contributed by atoms with van der Waals surface area (Å²) in [6.07, 6.45) is 6.13. The van der Waals surface area contributed by atoms with E-state index in [9.17, 15) is 4.79 Å². The van der Waals surface area contributed by atoms with Gasteiger partial charge in [0.15, 0.2) is 0 Å². The third kappa shape index (κ3) is 3.07. The van der Waals surface area contributed by atoms with Crippen LogP contribution in [0.3, 0.4) is 0 Å². The molecule has 2 aliphatic carbocycles. The highest BCUT2D eigenvalue weighted by atomic mass is 35.5. The van der Waals surface area contributed by atoms with Crippen LogP contribution in [0.5, 0.6) is 0 Å². The molecule has 128 valence electrons. The molecule has 2 unspecified atom stereocenters. The van der Waals surface area contributed by atoms with Gasteiger partial charge in [0.25, 0.3) is 5.91 Å². The number of amides is 1. The molecule has 0 aliphatic heterocycles. The van der Waals surface area contributed by atoms with Crippen molar-refractivity contribution in [1.82, 2.24) is 4.90 Å². The molecule has 1 aromatic rings. The van der Waals surface area contributed by atoms with Crippen LogP contribution in [0.15, 0.2) is 24.3 Å². The third-order valence-corrected chi connectivity index (χ3v) is 5.57. The molecule has 4 nitrogen and oxygen atoms in total. The van der Waals surface area contributed by atoms with Gasteiger partial charge in [-0.25, -0.2) is 0 Å². The number of hydrogen-bond donors (Lipinski definition) is 1. The first-order valence-corrected chi connectivity index (χ1v) is 8.33. The topological polar surface area (TPSA) is 55.6 Å². The lowest BCUT2D eigenvalue weighted by Crippen LogP contribution is -2.64. The fourth-order valence-corrected chi connectivity index (χ4v) is 4.41. The van der Waals surface area contributed by atoms with Gasteiger partial charge in [-0.1, -0.05) is 18.9 Å². The number of hydrogen-bond acceptors (Lipinski definition) is 3. The fourth-order valence-electron chi connectivity index (χ4n) is 4.41. The van der Waals surface area contributed by atoms with Gasteiger partial charge in [-0.3, -0.25) is 4.79 Å². The van der Waals surface area contributed by atoms with Crippen LogP contribution in [0.4, 0.5) is 5.69 Å². The number of nitrogens with zero attached hydrogens (tertiary/aromatic N) is 1. The molecule has 2 N–H and O–H groups in total. The zero-order chi connectivity index (χ0) is 15.7. The van der Waals surface area contributed by atoms with Crippen molar-refractivity contribution >= 4 is 24.0 Å². The molecular weight excluding hydrogens is 312 g/mol. The Balaban J connectivity index is 0.00000192. The molecule has 3 rings (SSSR count). The molecule has 1 aromatic carbocycles. The van der Waals surface area contributed by atoms with Crippen LogP contribution >= 0.6 is 12.4 Å². The van der Waals surface area contributed by atoms with Crippen molar-refractivity contribution in [2.75, 3.05) is 19.4 Å². The second-order valence-corrected chi connectivity index (χ2v) is 6.68. The van der Waals surface area contributed by atoms with E-state index in [0.29, 0.717) is 23.4 Å². The molecule has 0 radical (unpaired) electrons. The molecule has 0 bridgehead atoms. The number of ether oxygens (including phenoxy) is 1. The lowest BCUT2D eigenvalue weighted by molar-refractivity contribution is -0.152. The molecule has 2 atom stereocenters. The Bertz CT molecular complexity index is 558. The molecular formula is C18H27ClN2O2. The number of nitrogen functional groups attached to an aromatic ring is 1. The van der Waals surface area contributed by atoms with E-state index in [0.717, 1.165) is 13.0 Å². The predicted octanol–water partition coefficient (Wildman–Crippen LogP) is 3.50. The maximum atomic E-state index is 12.8. The Kier molecular flexibility index (Phi) is 5.58. The largest absolute Gasteiger partial charge is 0.399 e. The van der Waals surface area contributed by atoms with E-state index in [2.05, 4.69) is 6.92 Å². The summed E-state index contributed by atoms with van der Waals surface area (Å²) in [5, 5.41) is 0. The van der Waals surface area contributed by atoms with E-state index in [-0.39, 0.29) is 23.7 Å². The van der Waals surface area contributed by atoms with Crippen LogP contribution in [0.25, 0.3) is 0 Å². The number of rotatable bonds is 4. The first-order valence-electron chi connectivity index (χ1n) is 8.33. The number of carbonyl (C=O) groups excluding carboxylic acids is 1. The first kappa shape index (κ1) is 18.1. The summed E-state index contributed by atoms with van der Waals surface area (Å²) in [6.45, 7) is 2.81. The molecule has 2 fully saturated rings. The van der Waals surface area contributed by atoms with E-state index >= 15 is 0 Å². The van der Waals surface area contributed by atoms with Crippen LogP contribution in [0, 0.1) is 5.41 Å². The van der Waals surface area contributed by atoms with Crippen molar-refractivity contribution in [2.45, 2.75) is 51.2 Å². The van der Waals surface area contributed by atoms with Gasteiger partial charge in [0.1, 0.15) is 0 Å². The maximum Gasteiger partial charge on any atom is 0.253 e. The Morgan fingerprint density at radius 3 is 2.70 bits per heavy atom. The molecule has 0 aromatic heterocycles. The minimum absolute atomic E-state index is 0. The summed E-state index contributed by atoms with van der Waals surface area (Å²) in [4.78, 5) is 14.7. The normalized spacial score (nSPS) is 24.8. The average molecular weight is 339 g/mol. The quantitative estimate of drug-likeness (QED) is 0.855. The van der Waals surface area contributed by atoms with E-state index in [4.69, 9.17) is 10.5 Å². The molecule has 1 spiro atoms. The Morgan fingerprint density at radius 1 is 1.39 bits per heavy atom. The summed E-state index contributed by atoms with van der Waals surface area (Å²) in [7, 11) is 1.93. The second kappa shape index (κ2) is 7.10. The van der Waals surface area contributed by atoms with Gasteiger partial charge in [-0.15, -0.1) is 12.4 Å². The SMILES string of the molecule is CCOC1CC(N(C)C(=O)c2cccc(N)c2)C12CCCC2.Cl. The summed E-state index contributed by atoms with van der Waals surface area (Å²) >= 11 is 0. The van der Waals surface area contributed by atoms with Crippen molar-refractivity contribution < 1.29 is 9.53 Å². The third-order valence-electron chi connectivity index (χ3n) is 5.57. The highest BCUT2D eigenvalue weighted by Gasteiger charge is 2.58. The lowest BCUT2D eigenvalue weighted by Gasteiger charge is -2.57. The van der Waals surface area contributed by atoms with Crippen LogP contribution in [-0.4, -0.2) is 36.6 Å². The van der Waals surface area contributed by atoms with Gasteiger partial charge >= 0.3 is 0 Å². The number of anilines is 1. The van der Waals surface area contributed by atoms with Crippen molar-refractivity contribution in [3.8, 4) is 0 Å². The summed E-state index contributed by atoms with van der Waals surface area (Å²) in [6, 6.07) is 7.55. The Hall–Kier alpha value is -1.26. The van der Waals surface area contributed by atoms with Gasteiger partial charge in [-0.05, 0) is 44.4 Å². The Labute approximate surface area is 144 Å². The monoisotopic (exact) mass is 338 g/mol. The van der Waals surface area contributed by atoms with E-state index in [1.165, 1.54) is 25.7 Å². The second-order valence-electron chi connectivity index (χ2n) is 6.68. The van der Waals surface area contributed by atoms with Gasteiger partial charge in [0.05, 0.1) is 6.10 Å². The highest BCUT2D eigenvalue weighted by Crippen LogP contribution is 2.56. The molecule has 23 heavy (non-hydrogen) atoms. The van der Waals surface area contributed by atoms with Crippen molar-refractivity contribution in [3.05, 3.63) is 29.8 Å². The summed E-state index contributed by atoms with van der Waals surface area (Å²) in [5.74, 6) is 0.0681. The lowest BCUT2D eigenvalue weighted by atomic mass is 9.60. The highest BCUT2D eigenvalue weighted by molar-refractivity contribution is 5.95. The van der Waals surface area contributed by atoms with Crippen molar-refractivity contribution in [3.63, 3.8) is 0 Å². The molecule has 2 aliphatic rings. The molecule has 5 heteroatoms. The van der Waals surface area contributed by atoms with E-state index < -0.39 is 0 Å². The molecule has 1 amide bonds. The zero-order valence-corrected chi connectivity index (χ0v) is 14.8. The van der Waals surface area contributed by atoms with Crippen molar-refractivity contribution in [2.24, 2.45) is 5.41 Å².